The van der Waals surface area contributed by atoms with Crippen LogP contribution in [0.2, 0.25) is 0 Å². The van der Waals surface area contributed by atoms with E-state index in [0.29, 0.717) is 11.1 Å². The molecular formula is C28H34O14. The first-order chi connectivity index (χ1) is 19.9. The van der Waals surface area contributed by atoms with E-state index in [4.69, 9.17) is 23.7 Å². The average Bonchev–Trinajstić information content (AvgIpc) is 3.26. The van der Waals surface area contributed by atoms with Gasteiger partial charge in [-0.3, -0.25) is 4.79 Å². The van der Waals surface area contributed by atoms with Gasteiger partial charge in [0.1, 0.15) is 70.8 Å². The maximum absolute atomic E-state index is 13.1. The van der Waals surface area contributed by atoms with Gasteiger partial charge in [0.25, 0.3) is 0 Å². The van der Waals surface area contributed by atoms with Gasteiger partial charge in [-0.05, 0) is 31.5 Å². The van der Waals surface area contributed by atoms with Gasteiger partial charge in [-0.15, -0.1) is 0 Å². The van der Waals surface area contributed by atoms with Crippen molar-refractivity contribution in [2.24, 2.45) is 0 Å². The molecule has 3 heterocycles. The number of benzene rings is 2. The molecule has 0 radical (unpaired) electrons. The number of carbonyl (C=O) groups is 1. The number of phenolic OH excluding ortho intramolecular Hbond substituents is 2. The van der Waals surface area contributed by atoms with Crippen molar-refractivity contribution in [3.05, 3.63) is 46.5 Å². The molecule has 0 unspecified atom stereocenters. The maximum Gasteiger partial charge on any atom is 0.229 e. The third-order valence-electron chi connectivity index (χ3n) is 7.92. The average molecular weight is 595 g/mol. The van der Waals surface area contributed by atoms with Crippen LogP contribution in [0.4, 0.5) is 0 Å². The Hall–Kier alpha value is -3.05. The van der Waals surface area contributed by atoms with Gasteiger partial charge in [-0.25, -0.2) is 0 Å². The molecule has 2 aromatic carbocycles. The van der Waals surface area contributed by atoms with Gasteiger partial charge < -0.3 is 64.5 Å². The third kappa shape index (κ3) is 5.30. The lowest BCUT2D eigenvalue weighted by molar-refractivity contribution is -0.289. The summed E-state index contributed by atoms with van der Waals surface area (Å²) in [4.78, 5) is 13.1. The number of phenols is 2. The SMILES string of the molecule is Cc1c(O)c2c(c(C)c1O[C@@H]1O[C@H](CO[C@@H]3OC[C@@](O)(CO)[C@@H]3O)[C@H](O)[C@H](O)[C@H]1O)O[C@H](c1ccc(O)cc1)CC2=O. The summed E-state index contributed by atoms with van der Waals surface area (Å²) >= 11 is 0. The number of carbonyl (C=O) groups excluding carboxylic acids is 1. The highest BCUT2D eigenvalue weighted by molar-refractivity contribution is 6.03. The second-order valence-electron chi connectivity index (χ2n) is 10.8. The molecule has 3 aliphatic rings. The van der Waals surface area contributed by atoms with Crippen LogP contribution >= 0.6 is 0 Å². The maximum atomic E-state index is 13.1. The van der Waals surface area contributed by atoms with E-state index in [1.54, 1.807) is 19.1 Å². The highest BCUT2D eigenvalue weighted by Gasteiger charge is 2.50. The van der Waals surface area contributed by atoms with Crippen LogP contribution in [0.1, 0.15) is 39.6 Å². The Kier molecular flexibility index (Phi) is 8.37. The number of hydrogen-bond acceptors (Lipinski definition) is 14. The summed E-state index contributed by atoms with van der Waals surface area (Å²) in [5, 5.41) is 81.9. The summed E-state index contributed by atoms with van der Waals surface area (Å²) in [5.74, 6) is -0.674. The van der Waals surface area contributed by atoms with Crippen molar-refractivity contribution in [1.29, 1.82) is 0 Å². The first-order valence-electron chi connectivity index (χ1n) is 13.3. The molecule has 8 N–H and O–H groups in total. The molecule has 0 saturated carbocycles. The van der Waals surface area contributed by atoms with Crippen LogP contribution in [-0.2, 0) is 14.2 Å². The van der Waals surface area contributed by atoms with Gasteiger partial charge in [0, 0.05) is 11.1 Å². The van der Waals surface area contributed by atoms with E-state index in [2.05, 4.69) is 0 Å². The highest BCUT2D eigenvalue weighted by Crippen LogP contribution is 2.48. The van der Waals surface area contributed by atoms with Gasteiger partial charge in [0.05, 0.1) is 26.2 Å². The summed E-state index contributed by atoms with van der Waals surface area (Å²) in [5.41, 5.74) is -0.911. The van der Waals surface area contributed by atoms with Crippen molar-refractivity contribution in [2.45, 2.75) is 75.1 Å². The van der Waals surface area contributed by atoms with E-state index in [-0.39, 0.29) is 40.6 Å². The van der Waals surface area contributed by atoms with Crippen molar-refractivity contribution in [3.8, 4) is 23.0 Å². The minimum Gasteiger partial charge on any atom is -0.508 e. The zero-order valence-electron chi connectivity index (χ0n) is 22.8. The molecule has 14 nitrogen and oxygen atoms in total. The number of hydrogen-bond donors (Lipinski definition) is 8. The molecule has 2 saturated heterocycles. The van der Waals surface area contributed by atoms with Crippen molar-refractivity contribution in [2.75, 3.05) is 19.8 Å². The molecule has 14 heteroatoms. The molecule has 2 aromatic rings. The fourth-order valence-electron chi connectivity index (χ4n) is 5.28. The van der Waals surface area contributed by atoms with Gasteiger partial charge >= 0.3 is 0 Å². The van der Waals surface area contributed by atoms with Gasteiger partial charge in [-0.1, -0.05) is 12.1 Å². The van der Waals surface area contributed by atoms with Crippen LogP contribution in [-0.4, -0.2) is 115 Å². The Bertz CT molecular complexity index is 1310. The van der Waals surface area contributed by atoms with E-state index < -0.39 is 80.4 Å². The standard InChI is InChI=1S/C28H34O14/c1-11-19(32)18-15(31)7-16(13-3-5-14(30)6-4-13)40-24(18)12(2)23(11)42-26-22(35)21(34)20(33)17(41-26)8-38-27-25(36)28(37,9-29)10-39-27/h3-6,16-17,20-22,25-27,29-30,32-37H,7-10H2,1-2H3/t16-,17+,20-,21-,22+,25+,26-,27+,28-/m0/s1. The monoisotopic (exact) mass is 594 g/mol. The summed E-state index contributed by atoms with van der Waals surface area (Å²) in [6.07, 6.45) is -11.8. The number of rotatable bonds is 7. The van der Waals surface area contributed by atoms with Crippen molar-refractivity contribution >= 4 is 5.78 Å². The molecular weight excluding hydrogens is 560 g/mol. The Labute approximate surface area is 239 Å². The molecule has 0 aromatic heterocycles. The molecule has 5 rings (SSSR count). The van der Waals surface area contributed by atoms with Crippen molar-refractivity contribution in [3.63, 3.8) is 0 Å². The fourth-order valence-corrected chi connectivity index (χ4v) is 5.28. The van der Waals surface area contributed by atoms with Crippen LogP contribution in [0.25, 0.3) is 0 Å². The first kappa shape index (κ1) is 30.4. The minimum atomic E-state index is -1.94. The Morgan fingerprint density at radius 3 is 2.31 bits per heavy atom. The van der Waals surface area contributed by atoms with Gasteiger partial charge in [0.15, 0.2) is 12.1 Å². The number of fused-ring (bicyclic) bond motifs is 1. The normalized spacial score (nSPS) is 34.6. The van der Waals surface area contributed by atoms with E-state index in [9.17, 15) is 45.6 Å². The molecule has 0 bridgehead atoms. The topological polar surface area (TPSA) is 225 Å². The van der Waals surface area contributed by atoms with E-state index in [1.165, 1.54) is 19.1 Å². The second-order valence-corrected chi connectivity index (χ2v) is 10.8. The first-order valence-corrected chi connectivity index (χ1v) is 13.3. The molecule has 42 heavy (non-hydrogen) atoms. The molecule has 0 spiro atoms. The molecule has 230 valence electrons. The lowest BCUT2D eigenvalue weighted by Gasteiger charge is -2.41. The van der Waals surface area contributed by atoms with Crippen LogP contribution in [0.5, 0.6) is 23.0 Å². The van der Waals surface area contributed by atoms with E-state index in [0.717, 1.165) is 0 Å². The molecule has 0 aliphatic carbocycles. The van der Waals surface area contributed by atoms with E-state index in [1.807, 2.05) is 0 Å². The molecule has 2 fully saturated rings. The van der Waals surface area contributed by atoms with E-state index >= 15 is 0 Å². The predicted octanol–water partition coefficient (Wildman–Crippen LogP) is -0.935. The summed E-state index contributed by atoms with van der Waals surface area (Å²) in [6.45, 7) is 1.39. The zero-order valence-corrected chi connectivity index (χ0v) is 22.8. The molecule has 9 atom stereocenters. The quantitative estimate of drug-likeness (QED) is 0.194. The van der Waals surface area contributed by atoms with Crippen LogP contribution < -0.4 is 9.47 Å². The number of aliphatic hydroxyl groups excluding tert-OH is 5. The Morgan fingerprint density at radius 1 is 0.976 bits per heavy atom. The Morgan fingerprint density at radius 2 is 1.67 bits per heavy atom. The largest absolute Gasteiger partial charge is 0.508 e. The summed E-state index contributed by atoms with van der Waals surface area (Å²) in [6, 6.07) is 6.14. The lowest BCUT2D eigenvalue weighted by Crippen LogP contribution is -2.60. The number of aliphatic hydroxyl groups is 6. The Balaban J connectivity index is 1.37. The summed E-state index contributed by atoms with van der Waals surface area (Å²) in [7, 11) is 0. The minimum absolute atomic E-state index is 0.000252. The molecule has 0 amide bonds. The number of ketones is 1. The van der Waals surface area contributed by atoms with Crippen molar-refractivity contribution in [1.82, 2.24) is 0 Å². The second kappa shape index (κ2) is 11.6. The smallest absolute Gasteiger partial charge is 0.229 e. The van der Waals surface area contributed by atoms with Crippen molar-refractivity contribution < 1.29 is 69.3 Å². The fraction of sp³-hybridized carbons (Fsp3) is 0.536. The number of aromatic hydroxyl groups is 2. The van der Waals surface area contributed by atoms with Crippen LogP contribution in [0.15, 0.2) is 24.3 Å². The van der Waals surface area contributed by atoms with Gasteiger partial charge in [0.2, 0.25) is 6.29 Å². The van der Waals surface area contributed by atoms with Crippen LogP contribution in [0.3, 0.4) is 0 Å². The number of Topliss-reactive ketones (excluding diaryl/α,β-unsaturated/α-hetero) is 1. The lowest BCUT2D eigenvalue weighted by atomic mass is 9.91. The highest BCUT2D eigenvalue weighted by atomic mass is 16.7. The third-order valence-corrected chi connectivity index (χ3v) is 7.92. The van der Waals surface area contributed by atoms with Gasteiger partial charge in [-0.2, -0.15) is 0 Å². The predicted molar refractivity (Wildman–Crippen MR) is 139 cm³/mol. The zero-order chi connectivity index (χ0) is 30.5. The summed E-state index contributed by atoms with van der Waals surface area (Å²) < 4.78 is 28.3. The molecule has 3 aliphatic heterocycles. The van der Waals surface area contributed by atoms with Crippen LogP contribution in [0, 0.1) is 13.8 Å². The number of ether oxygens (including phenoxy) is 5.